The van der Waals surface area contributed by atoms with Crippen LogP contribution >= 0.6 is 0 Å². The third-order valence-corrected chi connectivity index (χ3v) is 3.85. The van der Waals surface area contributed by atoms with Crippen molar-refractivity contribution in [3.63, 3.8) is 0 Å². The van der Waals surface area contributed by atoms with Gasteiger partial charge in [0.25, 0.3) is 5.91 Å². The fourth-order valence-electron chi connectivity index (χ4n) is 2.27. The largest absolute Gasteiger partial charge is 0.395 e. The first-order chi connectivity index (χ1) is 12.2. The predicted octanol–water partition coefficient (Wildman–Crippen LogP) is 2.82. The number of carbonyl (C=O) groups excluding carboxylic acids is 1. The van der Waals surface area contributed by atoms with Crippen LogP contribution in [-0.2, 0) is 0 Å². The molecule has 2 N–H and O–H groups in total. The molecule has 0 aliphatic carbocycles. The summed E-state index contributed by atoms with van der Waals surface area (Å²) in [4.78, 5) is 18.2. The standard InChI is InChI=1S/C14H14N2O2.C6H15N/c17-10-9-16-14(18)12-6-4-11(5-7-12)13-3-1-2-8-15-13;1-4-7(5-2)6-3/h1-8,17H,9-10H2,(H,16,18);4-6H2,1-3H3. The molecule has 0 atom stereocenters. The molecule has 1 aromatic heterocycles. The van der Waals surface area contributed by atoms with Gasteiger partial charge in [-0.3, -0.25) is 9.78 Å². The van der Waals surface area contributed by atoms with Crippen LogP contribution in [0.15, 0.2) is 48.7 Å². The van der Waals surface area contributed by atoms with Crippen molar-refractivity contribution in [2.24, 2.45) is 0 Å². The fraction of sp³-hybridized carbons (Fsp3) is 0.400. The minimum atomic E-state index is -0.184. The van der Waals surface area contributed by atoms with E-state index in [0.717, 1.165) is 11.3 Å². The topological polar surface area (TPSA) is 65.5 Å². The second kappa shape index (κ2) is 12.2. The van der Waals surface area contributed by atoms with Gasteiger partial charge in [0.05, 0.1) is 12.3 Å². The molecule has 1 heterocycles. The first kappa shape index (κ1) is 20.8. The Labute approximate surface area is 150 Å². The number of aliphatic hydroxyl groups excluding tert-OH is 1. The Morgan fingerprint density at radius 1 is 1.04 bits per heavy atom. The molecule has 0 fully saturated rings. The van der Waals surface area contributed by atoms with Crippen molar-refractivity contribution in [3.05, 3.63) is 54.2 Å². The number of aromatic nitrogens is 1. The second-order valence-corrected chi connectivity index (χ2v) is 5.39. The van der Waals surface area contributed by atoms with E-state index < -0.39 is 0 Å². The summed E-state index contributed by atoms with van der Waals surface area (Å²) in [5, 5.41) is 11.2. The van der Waals surface area contributed by atoms with E-state index in [1.54, 1.807) is 18.3 Å². The summed E-state index contributed by atoms with van der Waals surface area (Å²) in [6.07, 6.45) is 1.73. The first-order valence-corrected chi connectivity index (χ1v) is 8.79. The Balaban J connectivity index is 0.000000381. The zero-order chi connectivity index (χ0) is 18.5. The molecule has 0 bridgehead atoms. The first-order valence-electron chi connectivity index (χ1n) is 8.79. The van der Waals surface area contributed by atoms with Gasteiger partial charge in [-0.25, -0.2) is 0 Å². The molecule has 2 rings (SSSR count). The lowest BCUT2D eigenvalue weighted by molar-refractivity contribution is 0.0945. The monoisotopic (exact) mass is 343 g/mol. The minimum absolute atomic E-state index is 0.0578. The quantitative estimate of drug-likeness (QED) is 0.811. The van der Waals surface area contributed by atoms with Crippen LogP contribution in [0.25, 0.3) is 11.3 Å². The fourth-order valence-corrected chi connectivity index (χ4v) is 2.27. The number of rotatable bonds is 7. The SMILES string of the molecule is CCN(CC)CC.O=C(NCCO)c1ccc(-c2ccccn2)cc1. The van der Waals surface area contributed by atoms with Crippen molar-refractivity contribution in [2.45, 2.75) is 20.8 Å². The Morgan fingerprint density at radius 3 is 2.12 bits per heavy atom. The van der Waals surface area contributed by atoms with Gasteiger partial charge in [-0.05, 0) is 43.9 Å². The number of hydrogen-bond donors (Lipinski definition) is 2. The Hall–Kier alpha value is -2.24. The van der Waals surface area contributed by atoms with Crippen molar-refractivity contribution in [1.82, 2.24) is 15.2 Å². The van der Waals surface area contributed by atoms with Crippen molar-refractivity contribution in [2.75, 3.05) is 32.8 Å². The number of nitrogens with zero attached hydrogens (tertiary/aromatic N) is 2. The van der Waals surface area contributed by atoms with Crippen LogP contribution in [0.5, 0.6) is 0 Å². The lowest BCUT2D eigenvalue weighted by Crippen LogP contribution is -2.26. The second-order valence-electron chi connectivity index (χ2n) is 5.39. The summed E-state index contributed by atoms with van der Waals surface area (Å²) < 4.78 is 0. The van der Waals surface area contributed by atoms with Crippen LogP contribution in [0.3, 0.4) is 0 Å². The van der Waals surface area contributed by atoms with Gasteiger partial charge in [0.1, 0.15) is 0 Å². The molecule has 0 saturated carbocycles. The van der Waals surface area contributed by atoms with Gasteiger partial charge in [0.2, 0.25) is 0 Å². The molecule has 5 nitrogen and oxygen atoms in total. The summed E-state index contributed by atoms with van der Waals surface area (Å²) >= 11 is 0. The van der Waals surface area contributed by atoms with Gasteiger partial charge in [0.15, 0.2) is 0 Å². The van der Waals surface area contributed by atoms with Gasteiger partial charge >= 0.3 is 0 Å². The Kier molecular flexibility index (Phi) is 10.1. The van der Waals surface area contributed by atoms with Crippen LogP contribution in [-0.4, -0.2) is 53.7 Å². The predicted molar refractivity (Wildman–Crippen MR) is 103 cm³/mol. The molecule has 1 aromatic carbocycles. The highest BCUT2D eigenvalue weighted by atomic mass is 16.3. The third kappa shape index (κ3) is 7.45. The van der Waals surface area contributed by atoms with Crippen LogP contribution in [0, 0.1) is 0 Å². The molecule has 0 saturated heterocycles. The van der Waals surface area contributed by atoms with Crippen molar-refractivity contribution in [3.8, 4) is 11.3 Å². The van der Waals surface area contributed by atoms with Crippen molar-refractivity contribution < 1.29 is 9.90 Å². The maximum Gasteiger partial charge on any atom is 0.251 e. The average molecular weight is 343 g/mol. The normalized spacial score (nSPS) is 10.1. The highest BCUT2D eigenvalue weighted by Crippen LogP contribution is 2.16. The van der Waals surface area contributed by atoms with E-state index in [1.807, 2.05) is 30.3 Å². The zero-order valence-electron chi connectivity index (χ0n) is 15.4. The van der Waals surface area contributed by atoms with Crippen LogP contribution in [0.4, 0.5) is 0 Å². The van der Waals surface area contributed by atoms with Crippen LogP contribution < -0.4 is 5.32 Å². The number of benzene rings is 1. The van der Waals surface area contributed by atoms with E-state index in [1.165, 1.54) is 19.6 Å². The van der Waals surface area contributed by atoms with Crippen molar-refractivity contribution in [1.29, 1.82) is 0 Å². The average Bonchev–Trinajstić information content (AvgIpc) is 2.69. The van der Waals surface area contributed by atoms with E-state index >= 15 is 0 Å². The minimum Gasteiger partial charge on any atom is -0.395 e. The molecule has 0 aliphatic heterocycles. The van der Waals surface area contributed by atoms with Crippen LogP contribution in [0.2, 0.25) is 0 Å². The lowest BCUT2D eigenvalue weighted by Gasteiger charge is -2.13. The van der Waals surface area contributed by atoms with Gasteiger partial charge in [0, 0.05) is 23.9 Å². The molecule has 136 valence electrons. The number of amides is 1. The van der Waals surface area contributed by atoms with E-state index in [9.17, 15) is 4.79 Å². The number of hydrogen-bond acceptors (Lipinski definition) is 4. The molecular weight excluding hydrogens is 314 g/mol. The van der Waals surface area contributed by atoms with Gasteiger partial charge in [-0.2, -0.15) is 0 Å². The van der Waals surface area contributed by atoms with E-state index in [0.29, 0.717) is 5.56 Å². The van der Waals surface area contributed by atoms with Gasteiger partial charge < -0.3 is 15.3 Å². The number of nitrogens with one attached hydrogen (secondary N) is 1. The third-order valence-electron chi connectivity index (χ3n) is 3.85. The van der Waals surface area contributed by atoms with E-state index in [-0.39, 0.29) is 19.1 Å². The summed E-state index contributed by atoms with van der Waals surface area (Å²) in [5.74, 6) is -0.184. The van der Waals surface area contributed by atoms with E-state index in [4.69, 9.17) is 5.11 Å². The number of aliphatic hydroxyl groups is 1. The molecule has 0 radical (unpaired) electrons. The summed E-state index contributed by atoms with van der Waals surface area (Å²) in [5.41, 5.74) is 2.41. The maximum absolute atomic E-state index is 11.6. The lowest BCUT2D eigenvalue weighted by atomic mass is 10.1. The van der Waals surface area contributed by atoms with Crippen LogP contribution in [0.1, 0.15) is 31.1 Å². The zero-order valence-corrected chi connectivity index (χ0v) is 15.4. The summed E-state index contributed by atoms with van der Waals surface area (Å²) in [6, 6.07) is 12.9. The molecule has 1 amide bonds. The summed E-state index contributed by atoms with van der Waals surface area (Å²) in [6.45, 7) is 10.3. The Bertz CT molecular complexity index is 591. The van der Waals surface area contributed by atoms with Crippen molar-refractivity contribution >= 4 is 5.91 Å². The molecule has 2 aromatic rings. The molecular formula is C20H29N3O2. The smallest absolute Gasteiger partial charge is 0.251 e. The van der Waals surface area contributed by atoms with E-state index in [2.05, 4.69) is 36.0 Å². The molecule has 0 spiro atoms. The van der Waals surface area contributed by atoms with Gasteiger partial charge in [-0.15, -0.1) is 0 Å². The highest BCUT2D eigenvalue weighted by molar-refractivity contribution is 5.94. The molecule has 0 unspecified atom stereocenters. The summed E-state index contributed by atoms with van der Waals surface area (Å²) in [7, 11) is 0. The Morgan fingerprint density at radius 2 is 1.68 bits per heavy atom. The maximum atomic E-state index is 11.6. The molecule has 5 heteroatoms. The van der Waals surface area contributed by atoms with Gasteiger partial charge in [-0.1, -0.05) is 39.0 Å². The highest BCUT2D eigenvalue weighted by Gasteiger charge is 2.05. The molecule has 0 aliphatic rings. The molecule has 25 heavy (non-hydrogen) atoms. The number of pyridine rings is 1. The number of carbonyl (C=O) groups is 1.